The predicted molar refractivity (Wildman–Crippen MR) is 75.0 cm³/mol. The fourth-order valence-electron chi connectivity index (χ4n) is 2.43. The Bertz CT molecular complexity index is 445. The number of benzene rings is 1. The summed E-state index contributed by atoms with van der Waals surface area (Å²) in [5, 5.41) is 6.63. The van der Waals surface area contributed by atoms with Gasteiger partial charge in [0.15, 0.2) is 0 Å². The first-order chi connectivity index (χ1) is 9.95. The third-order valence-electron chi connectivity index (χ3n) is 3.55. The lowest BCUT2D eigenvalue weighted by Crippen LogP contribution is -2.44. The molecule has 0 bridgehead atoms. The van der Waals surface area contributed by atoms with Gasteiger partial charge in [-0.2, -0.15) is 13.2 Å². The van der Waals surface area contributed by atoms with Gasteiger partial charge in [-0.15, -0.1) is 0 Å². The summed E-state index contributed by atoms with van der Waals surface area (Å²) in [6.45, 7) is 4.74. The first-order valence-corrected chi connectivity index (χ1v) is 7.16. The molecule has 2 rings (SSSR count). The minimum atomic E-state index is -4.29. The number of ether oxygens (including phenoxy) is 1. The van der Waals surface area contributed by atoms with E-state index in [1.807, 2.05) is 6.92 Å². The Balaban J connectivity index is 1.82. The number of alkyl halides is 3. The highest BCUT2D eigenvalue weighted by molar-refractivity contribution is 5.25. The fraction of sp³-hybridized carbons (Fsp3) is 0.600. The van der Waals surface area contributed by atoms with Crippen molar-refractivity contribution >= 4 is 0 Å². The largest absolute Gasteiger partial charge is 0.416 e. The van der Waals surface area contributed by atoms with Crippen molar-refractivity contribution in [3.05, 3.63) is 35.4 Å². The zero-order valence-corrected chi connectivity index (χ0v) is 12.0. The molecule has 2 N–H and O–H groups in total. The normalized spacial score (nSPS) is 21.2. The van der Waals surface area contributed by atoms with E-state index in [0.29, 0.717) is 24.8 Å². The molecule has 1 aromatic rings. The van der Waals surface area contributed by atoms with Gasteiger partial charge in [-0.1, -0.05) is 18.2 Å². The van der Waals surface area contributed by atoms with Crippen molar-refractivity contribution in [3.8, 4) is 0 Å². The van der Waals surface area contributed by atoms with Gasteiger partial charge in [-0.3, -0.25) is 0 Å². The lowest BCUT2D eigenvalue weighted by atomic mass is 10.1. The smallest absolute Gasteiger partial charge is 0.379 e. The van der Waals surface area contributed by atoms with Gasteiger partial charge in [0.2, 0.25) is 0 Å². The molecule has 0 saturated carbocycles. The number of morpholine rings is 1. The molecule has 118 valence electrons. The van der Waals surface area contributed by atoms with Gasteiger partial charge in [-0.25, -0.2) is 0 Å². The van der Waals surface area contributed by atoms with Gasteiger partial charge in [0.25, 0.3) is 0 Å². The Morgan fingerprint density at radius 2 is 2.24 bits per heavy atom. The summed E-state index contributed by atoms with van der Waals surface area (Å²) in [6.07, 6.45) is -3.40. The highest BCUT2D eigenvalue weighted by Gasteiger charge is 2.30. The van der Waals surface area contributed by atoms with Gasteiger partial charge in [-0.05, 0) is 25.0 Å². The fourth-order valence-corrected chi connectivity index (χ4v) is 2.43. The molecule has 2 atom stereocenters. The van der Waals surface area contributed by atoms with Crippen molar-refractivity contribution < 1.29 is 17.9 Å². The highest BCUT2D eigenvalue weighted by atomic mass is 19.4. The summed E-state index contributed by atoms with van der Waals surface area (Å²) in [5.74, 6) is 0. The van der Waals surface area contributed by atoms with Crippen LogP contribution in [0, 0.1) is 0 Å². The summed E-state index contributed by atoms with van der Waals surface area (Å²) in [4.78, 5) is 0. The number of nitrogens with one attached hydrogen (secondary N) is 2. The van der Waals surface area contributed by atoms with Crippen molar-refractivity contribution in [2.75, 3.05) is 19.8 Å². The van der Waals surface area contributed by atoms with Crippen molar-refractivity contribution in [2.45, 2.75) is 38.1 Å². The number of hydrogen-bond donors (Lipinski definition) is 2. The van der Waals surface area contributed by atoms with E-state index in [9.17, 15) is 13.2 Å². The molecule has 21 heavy (non-hydrogen) atoms. The van der Waals surface area contributed by atoms with E-state index in [-0.39, 0.29) is 6.04 Å². The topological polar surface area (TPSA) is 33.3 Å². The molecule has 0 aromatic heterocycles. The molecule has 2 unspecified atom stereocenters. The standard InChI is InChI=1S/C15H21F3N2O/c1-11(7-14-10-21-6-5-19-14)20-9-12-3-2-4-13(8-12)15(16,17)18/h2-4,8,11,14,19-20H,5-7,9-10H2,1H3. The number of rotatable bonds is 5. The zero-order valence-electron chi connectivity index (χ0n) is 12.0. The summed E-state index contributed by atoms with van der Waals surface area (Å²) in [5.41, 5.74) is 0.0429. The van der Waals surface area contributed by atoms with Crippen LogP contribution in [0.2, 0.25) is 0 Å². The second kappa shape index (κ2) is 7.24. The van der Waals surface area contributed by atoms with Crippen molar-refractivity contribution in [1.82, 2.24) is 10.6 Å². The van der Waals surface area contributed by atoms with E-state index in [0.717, 1.165) is 25.6 Å². The van der Waals surface area contributed by atoms with Crippen LogP contribution < -0.4 is 10.6 Å². The minimum Gasteiger partial charge on any atom is -0.379 e. The van der Waals surface area contributed by atoms with Gasteiger partial charge >= 0.3 is 6.18 Å². The second-order valence-electron chi connectivity index (χ2n) is 5.44. The minimum absolute atomic E-state index is 0.207. The van der Waals surface area contributed by atoms with Gasteiger partial charge < -0.3 is 15.4 Å². The maximum atomic E-state index is 12.6. The Morgan fingerprint density at radius 3 is 2.90 bits per heavy atom. The van der Waals surface area contributed by atoms with E-state index in [1.54, 1.807) is 6.07 Å². The molecule has 0 spiro atoms. The van der Waals surface area contributed by atoms with Crippen molar-refractivity contribution in [3.63, 3.8) is 0 Å². The molecule has 1 fully saturated rings. The molecule has 1 saturated heterocycles. The monoisotopic (exact) mass is 302 g/mol. The van der Waals surface area contributed by atoms with Crippen LogP contribution in [-0.4, -0.2) is 31.8 Å². The van der Waals surface area contributed by atoms with E-state index in [2.05, 4.69) is 10.6 Å². The summed E-state index contributed by atoms with van der Waals surface area (Å²) < 4.78 is 43.3. The Morgan fingerprint density at radius 1 is 1.43 bits per heavy atom. The SMILES string of the molecule is CC(CC1COCCN1)NCc1cccc(C(F)(F)F)c1. The quantitative estimate of drug-likeness (QED) is 0.877. The Kier molecular flexibility index (Phi) is 5.61. The van der Waals surface area contributed by atoms with E-state index >= 15 is 0 Å². The third-order valence-corrected chi connectivity index (χ3v) is 3.55. The summed E-state index contributed by atoms with van der Waals surface area (Å²) in [7, 11) is 0. The average Bonchev–Trinajstić information content (AvgIpc) is 2.46. The lowest BCUT2D eigenvalue weighted by Gasteiger charge is -2.26. The van der Waals surface area contributed by atoms with Crippen molar-refractivity contribution in [1.29, 1.82) is 0 Å². The van der Waals surface area contributed by atoms with Crippen LogP contribution in [0.15, 0.2) is 24.3 Å². The van der Waals surface area contributed by atoms with Gasteiger partial charge in [0.1, 0.15) is 0 Å². The molecule has 1 aromatic carbocycles. The van der Waals surface area contributed by atoms with Gasteiger partial charge in [0, 0.05) is 25.2 Å². The third kappa shape index (κ3) is 5.30. The molecule has 0 aliphatic carbocycles. The van der Waals surface area contributed by atoms with Crippen LogP contribution in [0.4, 0.5) is 13.2 Å². The molecule has 1 heterocycles. The second-order valence-corrected chi connectivity index (χ2v) is 5.44. The molecule has 0 radical (unpaired) electrons. The summed E-state index contributed by atoms with van der Waals surface area (Å²) >= 11 is 0. The van der Waals surface area contributed by atoms with E-state index < -0.39 is 11.7 Å². The first-order valence-electron chi connectivity index (χ1n) is 7.16. The molecule has 3 nitrogen and oxygen atoms in total. The average molecular weight is 302 g/mol. The molecule has 1 aliphatic rings. The van der Waals surface area contributed by atoms with Crippen LogP contribution in [0.25, 0.3) is 0 Å². The van der Waals surface area contributed by atoms with Crippen LogP contribution >= 0.6 is 0 Å². The maximum absolute atomic E-state index is 12.6. The molecule has 6 heteroatoms. The molecular formula is C15H21F3N2O. The predicted octanol–water partition coefficient (Wildman–Crippen LogP) is 2.56. The lowest BCUT2D eigenvalue weighted by molar-refractivity contribution is -0.137. The number of hydrogen-bond acceptors (Lipinski definition) is 3. The maximum Gasteiger partial charge on any atom is 0.416 e. The van der Waals surface area contributed by atoms with Crippen LogP contribution in [-0.2, 0) is 17.5 Å². The van der Waals surface area contributed by atoms with E-state index in [4.69, 9.17) is 4.74 Å². The summed E-state index contributed by atoms with van der Waals surface area (Å²) in [6, 6.07) is 5.96. The zero-order chi connectivity index (χ0) is 15.3. The van der Waals surface area contributed by atoms with Crippen molar-refractivity contribution in [2.24, 2.45) is 0 Å². The van der Waals surface area contributed by atoms with Crippen LogP contribution in [0.3, 0.4) is 0 Å². The Labute approximate surface area is 122 Å². The first kappa shape index (κ1) is 16.3. The number of halogens is 3. The van der Waals surface area contributed by atoms with Crippen LogP contribution in [0.5, 0.6) is 0 Å². The highest BCUT2D eigenvalue weighted by Crippen LogP contribution is 2.29. The van der Waals surface area contributed by atoms with E-state index in [1.165, 1.54) is 12.1 Å². The molecule has 0 amide bonds. The Hall–Kier alpha value is -1.11. The van der Waals surface area contributed by atoms with Crippen LogP contribution in [0.1, 0.15) is 24.5 Å². The molecular weight excluding hydrogens is 281 g/mol. The molecule has 1 aliphatic heterocycles. The van der Waals surface area contributed by atoms with Gasteiger partial charge in [0.05, 0.1) is 18.8 Å².